The summed E-state index contributed by atoms with van der Waals surface area (Å²) >= 11 is 0. The topological polar surface area (TPSA) is 12.4 Å². The molecule has 0 aromatic carbocycles. The van der Waals surface area contributed by atoms with Gasteiger partial charge < -0.3 is 0 Å². The maximum Gasteiger partial charge on any atom is 0.0297 e. The summed E-state index contributed by atoms with van der Waals surface area (Å²) in [7, 11) is 0. The maximum atomic E-state index is 3.99. The molecule has 0 radical (unpaired) electrons. The molecule has 0 atom stereocenters. The van der Waals surface area contributed by atoms with Crippen LogP contribution in [0.4, 0.5) is 0 Å². The average molecular weight is 119 g/mol. The number of hydrogen-bond donors (Lipinski definition) is 0. The van der Waals surface area contributed by atoms with Crippen molar-refractivity contribution in [3.63, 3.8) is 0 Å². The molecule has 0 aromatic heterocycles. The van der Waals surface area contributed by atoms with Crippen molar-refractivity contribution in [2.75, 3.05) is 0 Å². The molecule has 1 rings (SSSR count). The SMILES string of the molecule is CC1=CC=CC=CN=C1. The molecule has 46 valence electrons. The molecule has 1 aliphatic heterocycles. The van der Waals surface area contributed by atoms with Gasteiger partial charge in [0.05, 0.1) is 0 Å². The van der Waals surface area contributed by atoms with E-state index in [0.717, 1.165) is 0 Å². The monoisotopic (exact) mass is 119 g/mol. The fourth-order valence-corrected chi connectivity index (χ4v) is 0.575. The molecule has 0 N–H and O–H groups in total. The van der Waals surface area contributed by atoms with Crippen molar-refractivity contribution >= 4 is 6.21 Å². The van der Waals surface area contributed by atoms with Gasteiger partial charge in [0.1, 0.15) is 0 Å². The quantitative estimate of drug-likeness (QED) is 0.463. The molecule has 0 amide bonds. The Morgan fingerprint density at radius 1 is 1.22 bits per heavy atom. The molecule has 1 heterocycles. The molecule has 1 aliphatic rings. The fourth-order valence-electron chi connectivity index (χ4n) is 0.575. The zero-order chi connectivity index (χ0) is 6.53. The van der Waals surface area contributed by atoms with Crippen molar-refractivity contribution in [1.29, 1.82) is 0 Å². The van der Waals surface area contributed by atoms with Crippen LogP contribution in [0.1, 0.15) is 6.92 Å². The van der Waals surface area contributed by atoms with Crippen LogP contribution < -0.4 is 0 Å². The minimum absolute atomic E-state index is 1.18. The van der Waals surface area contributed by atoms with Gasteiger partial charge in [-0.25, -0.2) is 0 Å². The van der Waals surface area contributed by atoms with E-state index >= 15 is 0 Å². The van der Waals surface area contributed by atoms with E-state index < -0.39 is 0 Å². The molecule has 0 aliphatic carbocycles. The van der Waals surface area contributed by atoms with Gasteiger partial charge in [0.2, 0.25) is 0 Å². The first-order valence-corrected chi connectivity index (χ1v) is 2.93. The van der Waals surface area contributed by atoms with Gasteiger partial charge in [-0.3, -0.25) is 4.99 Å². The summed E-state index contributed by atoms with van der Waals surface area (Å²) in [5, 5.41) is 0. The van der Waals surface area contributed by atoms with Gasteiger partial charge in [-0.1, -0.05) is 18.2 Å². The Kier molecular flexibility index (Phi) is 2.02. The number of aliphatic imine (C=N–C) groups is 1. The summed E-state index contributed by atoms with van der Waals surface area (Å²) in [5.41, 5.74) is 1.18. The third kappa shape index (κ3) is 2.08. The van der Waals surface area contributed by atoms with E-state index in [-0.39, 0.29) is 0 Å². The first kappa shape index (κ1) is 6.02. The molecule has 0 fully saturated rings. The lowest BCUT2D eigenvalue weighted by atomic mass is 10.3. The Morgan fingerprint density at radius 3 is 3.00 bits per heavy atom. The maximum absolute atomic E-state index is 3.99. The molecule has 0 saturated heterocycles. The lowest BCUT2D eigenvalue weighted by Crippen LogP contribution is -1.75. The van der Waals surface area contributed by atoms with Crippen LogP contribution in [0.15, 0.2) is 41.1 Å². The van der Waals surface area contributed by atoms with Crippen molar-refractivity contribution in [2.45, 2.75) is 6.92 Å². The summed E-state index contributed by atoms with van der Waals surface area (Å²) in [5.74, 6) is 0. The molecule has 0 bridgehead atoms. The Bertz CT molecular complexity index is 195. The van der Waals surface area contributed by atoms with Crippen LogP contribution in [0.3, 0.4) is 0 Å². The van der Waals surface area contributed by atoms with Crippen LogP contribution in [0.25, 0.3) is 0 Å². The van der Waals surface area contributed by atoms with Crippen molar-refractivity contribution in [3.05, 3.63) is 36.1 Å². The molecule has 0 aromatic rings. The molecule has 0 saturated carbocycles. The van der Waals surface area contributed by atoms with E-state index in [1.165, 1.54) is 5.57 Å². The average Bonchev–Trinajstić information content (AvgIpc) is 1.79. The van der Waals surface area contributed by atoms with Gasteiger partial charge in [-0.15, -0.1) is 0 Å². The molecule has 0 unspecified atom stereocenters. The summed E-state index contributed by atoms with van der Waals surface area (Å²) in [4.78, 5) is 3.99. The van der Waals surface area contributed by atoms with Gasteiger partial charge in [0.15, 0.2) is 0 Å². The van der Waals surface area contributed by atoms with E-state index in [4.69, 9.17) is 0 Å². The second-order valence-electron chi connectivity index (χ2n) is 1.92. The standard InChI is InChI=1S/C8H9N/c1-8-5-3-2-4-6-9-7-8/h2-7H,1H3. The van der Waals surface area contributed by atoms with E-state index in [9.17, 15) is 0 Å². The van der Waals surface area contributed by atoms with Crippen LogP contribution in [-0.2, 0) is 0 Å². The molecule has 1 nitrogen and oxygen atoms in total. The van der Waals surface area contributed by atoms with Gasteiger partial charge in [-0.2, -0.15) is 0 Å². The second kappa shape index (κ2) is 3.02. The Hall–Kier alpha value is -1.11. The number of allylic oxidation sites excluding steroid dienone is 5. The van der Waals surface area contributed by atoms with Crippen molar-refractivity contribution in [1.82, 2.24) is 0 Å². The van der Waals surface area contributed by atoms with Crippen LogP contribution in [0.2, 0.25) is 0 Å². The van der Waals surface area contributed by atoms with Crippen LogP contribution in [-0.4, -0.2) is 6.21 Å². The lowest BCUT2D eigenvalue weighted by molar-refractivity contribution is 1.52. The Balaban J connectivity index is 2.77. The molecule has 1 heteroatoms. The summed E-state index contributed by atoms with van der Waals surface area (Å²) in [6.07, 6.45) is 11.5. The lowest BCUT2D eigenvalue weighted by Gasteiger charge is -1.87. The molecular formula is C8H9N. The highest BCUT2D eigenvalue weighted by molar-refractivity contribution is 5.78. The highest BCUT2D eigenvalue weighted by atomic mass is 14.7. The highest BCUT2D eigenvalue weighted by Gasteiger charge is 1.78. The predicted octanol–water partition coefficient (Wildman–Crippen LogP) is 2.09. The van der Waals surface area contributed by atoms with E-state index in [2.05, 4.69) is 4.99 Å². The van der Waals surface area contributed by atoms with Crippen LogP contribution in [0.5, 0.6) is 0 Å². The minimum Gasteiger partial charge on any atom is -0.264 e. The van der Waals surface area contributed by atoms with E-state index in [1.54, 1.807) is 6.20 Å². The van der Waals surface area contributed by atoms with E-state index in [0.29, 0.717) is 0 Å². The summed E-state index contributed by atoms with van der Waals surface area (Å²) in [6, 6.07) is 0. The van der Waals surface area contributed by atoms with Crippen LogP contribution >= 0.6 is 0 Å². The van der Waals surface area contributed by atoms with Crippen LogP contribution in [0, 0.1) is 0 Å². The first-order chi connectivity index (χ1) is 4.39. The number of nitrogens with zero attached hydrogens (tertiary/aromatic N) is 1. The van der Waals surface area contributed by atoms with Gasteiger partial charge >= 0.3 is 0 Å². The van der Waals surface area contributed by atoms with Crippen molar-refractivity contribution in [2.24, 2.45) is 4.99 Å². The normalized spacial score (nSPS) is 16.8. The molecule has 0 spiro atoms. The zero-order valence-electron chi connectivity index (χ0n) is 5.41. The largest absolute Gasteiger partial charge is 0.264 e. The Morgan fingerprint density at radius 2 is 2.11 bits per heavy atom. The van der Waals surface area contributed by atoms with Crippen molar-refractivity contribution in [3.8, 4) is 0 Å². The number of hydrogen-bond acceptors (Lipinski definition) is 1. The molecular weight excluding hydrogens is 110 g/mol. The summed E-state index contributed by atoms with van der Waals surface area (Å²) < 4.78 is 0. The van der Waals surface area contributed by atoms with E-state index in [1.807, 2.05) is 37.4 Å². The van der Waals surface area contributed by atoms with Gasteiger partial charge in [-0.05, 0) is 18.6 Å². The Labute approximate surface area is 55.1 Å². The zero-order valence-corrected chi connectivity index (χ0v) is 5.41. The highest BCUT2D eigenvalue weighted by Crippen LogP contribution is 1.92. The smallest absolute Gasteiger partial charge is 0.0297 e. The third-order valence-electron chi connectivity index (χ3n) is 1.03. The predicted molar refractivity (Wildman–Crippen MR) is 40.5 cm³/mol. The number of rotatable bonds is 0. The fraction of sp³-hybridized carbons (Fsp3) is 0.125. The third-order valence-corrected chi connectivity index (χ3v) is 1.03. The van der Waals surface area contributed by atoms with Crippen molar-refractivity contribution < 1.29 is 0 Å². The second-order valence-corrected chi connectivity index (χ2v) is 1.92. The first-order valence-electron chi connectivity index (χ1n) is 2.93. The summed E-state index contributed by atoms with van der Waals surface area (Å²) in [6.45, 7) is 2.02. The van der Waals surface area contributed by atoms with Gasteiger partial charge in [0.25, 0.3) is 0 Å². The van der Waals surface area contributed by atoms with Gasteiger partial charge in [0, 0.05) is 12.4 Å². The minimum atomic E-state index is 1.18. The molecule has 9 heavy (non-hydrogen) atoms.